The van der Waals surface area contributed by atoms with Gasteiger partial charge in [0, 0.05) is 23.9 Å². The highest BCUT2D eigenvalue weighted by Gasteiger charge is 2.32. The van der Waals surface area contributed by atoms with Crippen LogP contribution < -0.4 is 0 Å². The number of carbonyl (C=O) groups excluding carboxylic acids is 1. The Hall–Kier alpha value is -3.16. The second kappa shape index (κ2) is 6.53. The molecule has 1 amide bonds. The smallest absolute Gasteiger partial charge is 0.257 e. The molecule has 8 heteroatoms. The summed E-state index contributed by atoms with van der Waals surface area (Å²) >= 11 is 0. The third kappa shape index (κ3) is 3.07. The molecule has 4 rings (SSSR count). The van der Waals surface area contributed by atoms with Crippen molar-refractivity contribution in [2.75, 3.05) is 0 Å². The zero-order valence-corrected chi connectivity index (χ0v) is 14.8. The lowest BCUT2D eigenvalue weighted by atomic mass is 9.95. The normalized spacial score (nSPS) is 16.3. The molecule has 3 aromatic rings. The van der Waals surface area contributed by atoms with Crippen LogP contribution in [0, 0.1) is 18.6 Å². The van der Waals surface area contributed by atoms with Crippen LogP contribution in [0.4, 0.5) is 8.78 Å². The fraction of sp³-hybridized carbons (Fsp3) is 0.263. The fourth-order valence-corrected chi connectivity index (χ4v) is 3.42. The van der Waals surface area contributed by atoms with Crippen molar-refractivity contribution in [1.82, 2.24) is 25.1 Å². The van der Waals surface area contributed by atoms with Gasteiger partial charge in [-0.15, -0.1) is 0 Å². The van der Waals surface area contributed by atoms with E-state index in [0.717, 1.165) is 34.8 Å². The highest BCUT2D eigenvalue weighted by atomic mass is 19.1. The summed E-state index contributed by atoms with van der Waals surface area (Å²) in [5, 5.41) is 6.89. The van der Waals surface area contributed by atoms with Gasteiger partial charge in [-0.25, -0.2) is 18.7 Å². The van der Waals surface area contributed by atoms with E-state index in [0.29, 0.717) is 12.2 Å². The number of aromatic amines is 1. The summed E-state index contributed by atoms with van der Waals surface area (Å²) in [6, 6.07) is 4.62. The Morgan fingerprint density at radius 1 is 1.26 bits per heavy atom. The van der Waals surface area contributed by atoms with Crippen LogP contribution in [0.1, 0.15) is 34.4 Å². The van der Waals surface area contributed by atoms with Crippen LogP contribution in [0.5, 0.6) is 0 Å². The third-order valence-electron chi connectivity index (χ3n) is 4.73. The van der Waals surface area contributed by atoms with Gasteiger partial charge in [0.05, 0.1) is 29.2 Å². The van der Waals surface area contributed by atoms with Crippen LogP contribution in [0.25, 0.3) is 11.4 Å². The SMILES string of the molecule is Cc1nc2c(c(-c3ccn[nH]3)n1)C[C@H](C)N(C(=O)c1ccc(F)cc1F)C2. The number of rotatable bonds is 2. The van der Waals surface area contributed by atoms with Crippen molar-refractivity contribution in [1.29, 1.82) is 0 Å². The molecule has 0 aliphatic carbocycles. The van der Waals surface area contributed by atoms with Crippen molar-refractivity contribution < 1.29 is 13.6 Å². The van der Waals surface area contributed by atoms with Gasteiger partial charge in [0.15, 0.2) is 0 Å². The molecule has 1 atom stereocenters. The van der Waals surface area contributed by atoms with Gasteiger partial charge >= 0.3 is 0 Å². The maximum absolute atomic E-state index is 14.1. The summed E-state index contributed by atoms with van der Waals surface area (Å²) in [4.78, 5) is 23.4. The number of carbonyl (C=O) groups is 1. The lowest BCUT2D eigenvalue weighted by Crippen LogP contribution is -2.43. The number of amides is 1. The molecule has 0 radical (unpaired) electrons. The van der Waals surface area contributed by atoms with Crippen LogP contribution in [0.3, 0.4) is 0 Å². The van der Waals surface area contributed by atoms with Gasteiger partial charge in [-0.05, 0) is 38.5 Å². The monoisotopic (exact) mass is 369 g/mol. The highest BCUT2D eigenvalue weighted by Crippen LogP contribution is 2.30. The Labute approximate surface area is 154 Å². The topological polar surface area (TPSA) is 74.8 Å². The average Bonchev–Trinajstić information content (AvgIpc) is 3.15. The second-order valence-electron chi connectivity index (χ2n) is 6.63. The Kier molecular flexibility index (Phi) is 4.18. The summed E-state index contributed by atoms with van der Waals surface area (Å²) in [5.74, 6) is -1.48. The lowest BCUT2D eigenvalue weighted by Gasteiger charge is -2.35. The first-order valence-corrected chi connectivity index (χ1v) is 8.56. The summed E-state index contributed by atoms with van der Waals surface area (Å²) in [7, 11) is 0. The standard InChI is InChI=1S/C19H17F2N5O/c1-10-7-14-17(23-11(2)24-18(14)16-5-6-22-25-16)9-26(10)19(27)13-4-3-12(20)8-15(13)21/h3-6,8,10H,7,9H2,1-2H3,(H,22,25)/t10-/m0/s1. The van der Waals surface area contributed by atoms with Crippen LogP contribution in [0.2, 0.25) is 0 Å². The van der Waals surface area contributed by atoms with Crippen LogP contribution in [-0.2, 0) is 13.0 Å². The number of fused-ring (bicyclic) bond motifs is 1. The van der Waals surface area contributed by atoms with Crippen molar-refractivity contribution in [3.05, 3.63) is 64.7 Å². The summed E-state index contributed by atoms with van der Waals surface area (Å²) < 4.78 is 27.2. The molecule has 0 bridgehead atoms. The van der Waals surface area contributed by atoms with Gasteiger partial charge in [-0.3, -0.25) is 9.89 Å². The summed E-state index contributed by atoms with van der Waals surface area (Å²) in [5.41, 5.74) is 3.07. The van der Waals surface area contributed by atoms with Gasteiger partial charge in [0.1, 0.15) is 17.5 Å². The number of aromatic nitrogens is 4. The molecule has 0 saturated carbocycles. The van der Waals surface area contributed by atoms with Gasteiger partial charge in [0.25, 0.3) is 5.91 Å². The molecule has 1 aromatic carbocycles. The first kappa shape index (κ1) is 17.3. The number of nitrogens with zero attached hydrogens (tertiary/aromatic N) is 4. The molecule has 0 fully saturated rings. The van der Waals surface area contributed by atoms with Crippen molar-refractivity contribution >= 4 is 5.91 Å². The Bertz CT molecular complexity index is 1020. The molecule has 1 aliphatic rings. The largest absolute Gasteiger partial charge is 0.330 e. The van der Waals surface area contributed by atoms with E-state index in [-0.39, 0.29) is 18.2 Å². The van der Waals surface area contributed by atoms with E-state index < -0.39 is 17.5 Å². The van der Waals surface area contributed by atoms with Gasteiger partial charge in [-0.2, -0.15) is 5.10 Å². The Balaban J connectivity index is 1.72. The molecule has 6 nitrogen and oxygen atoms in total. The predicted molar refractivity (Wildman–Crippen MR) is 93.7 cm³/mol. The molecule has 0 saturated heterocycles. The number of hydrogen-bond acceptors (Lipinski definition) is 4. The average molecular weight is 369 g/mol. The quantitative estimate of drug-likeness (QED) is 0.753. The van der Waals surface area contributed by atoms with Gasteiger partial charge in [0.2, 0.25) is 0 Å². The van der Waals surface area contributed by atoms with E-state index in [1.54, 1.807) is 18.0 Å². The van der Waals surface area contributed by atoms with E-state index in [9.17, 15) is 13.6 Å². The third-order valence-corrected chi connectivity index (χ3v) is 4.73. The molecule has 0 spiro atoms. The number of aryl methyl sites for hydroxylation is 1. The minimum atomic E-state index is -0.866. The van der Waals surface area contributed by atoms with Gasteiger partial charge in [-0.1, -0.05) is 0 Å². The van der Waals surface area contributed by atoms with Crippen LogP contribution in [-0.4, -0.2) is 37.0 Å². The van der Waals surface area contributed by atoms with Crippen molar-refractivity contribution in [3.63, 3.8) is 0 Å². The molecule has 27 heavy (non-hydrogen) atoms. The molecular formula is C19H17F2N5O. The van der Waals surface area contributed by atoms with Crippen molar-refractivity contribution in [2.45, 2.75) is 32.9 Å². The molecule has 138 valence electrons. The van der Waals surface area contributed by atoms with E-state index in [4.69, 9.17) is 0 Å². The Morgan fingerprint density at radius 3 is 2.78 bits per heavy atom. The van der Waals surface area contributed by atoms with Crippen LogP contribution >= 0.6 is 0 Å². The predicted octanol–water partition coefficient (Wildman–Crippen LogP) is 3.04. The van der Waals surface area contributed by atoms with Crippen molar-refractivity contribution in [3.8, 4) is 11.4 Å². The highest BCUT2D eigenvalue weighted by molar-refractivity contribution is 5.94. The number of benzene rings is 1. The molecule has 2 aromatic heterocycles. The maximum Gasteiger partial charge on any atom is 0.257 e. The molecule has 3 heterocycles. The molecular weight excluding hydrogens is 352 g/mol. The number of nitrogens with one attached hydrogen (secondary N) is 1. The second-order valence-corrected chi connectivity index (χ2v) is 6.63. The van der Waals surface area contributed by atoms with E-state index in [2.05, 4.69) is 20.2 Å². The maximum atomic E-state index is 14.1. The zero-order valence-electron chi connectivity index (χ0n) is 14.8. The van der Waals surface area contributed by atoms with Crippen molar-refractivity contribution in [2.24, 2.45) is 0 Å². The van der Waals surface area contributed by atoms with Crippen LogP contribution in [0.15, 0.2) is 30.5 Å². The van der Waals surface area contributed by atoms with E-state index in [1.807, 2.05) is 13.0 Å². The fourth-order valence-electron chi connectivity index (χ4n) is 3.42. The molecule has 1 N–H and O–H groups in total. The molecule has 1 aliphatic heterocycles. The van der Waals surface area contributed by atoms with Gasteiger partial charge < -0.3 is 4.90 Å². The first-order valence-electron chi connectivity index (χ1n) is 8.56. The molecule has 0 unspecified atom stereocenters. The zero-order chi connectivity index (χ0) is 19.1. The number of halogens is 2. The van der Waals surface area contributed by atoms with E-state index >= 15 is 0 Å². The lowest BCUT2D eigenvalue weighted by molar-refractivity contribution is 0.0649. The first-order chi connectivity index (χ1) is 12.9. The minimum Gasteiger partial charge on any atom is -0.330 e. The summed E-state index contributed by atoms with van der Waals surface area (Å²) in [6.45, 7) is 3.90. The Morgan fingerprint density at radius 2 is 2.07 bits per heavy atom. The number of hydrogen-bond donors (Lipinski definition) is 1. The number of H-pyrrole nitrogens is 1. The summed E-state index contributed by atoms with van der Waals surface area (Å²) in [6.07, 6.45) is 2.18. The van der Waals surface area contributed by atoms with E-state index in [1.165, 1.54) is 6.07 Å². The minimum absolute atomic E-state index is 0.147.